The monoisotopic (exact) mass is 220 g/mol. The van der Waals surface area contributed by atoms with E-state index in [2.05, 4.69) is 21.3 Å². The quantitative estimate of drug-likeness (QED) is 0.774. The summed E-state index contributed by atoms with van der Waals surface area (Å²) in [4.78, 5) is 4.74. The lowest BCUT2D eigenvalue weighted by Crippen LogP contribution is -1.82. The molecule has 68 valence electrons. The maximum absolute atomic E-state index is 8.81. The van der Waals surface area contributed by atoms with Gasteiger partial charge in [-0.2, -0.15) is 5.26 Å². The zero-order valence-corrected chi connectivity index (χ0v) is 8.55. The van der Waals surface area contributed by atoms with E-state index >= 15 is 0 Å². The summed E-state index contributed by atoms with van der Waals surface area (Å²) in [7, 11) is 0. The van der Waals surface area contributed by atoms with E-state index in [9.17, 15) is 0 Å². The van der Waals surface area contributed by atoms with Crippen molar-refractivity contribution < 1.29 is 0 Å². The molecule has 0 fully saturated rings. The van der Waals surface area contributed by atoms with Crippen molar-refractivity contribution in [2.24, 2.45) is 0 Å². The first-order chi connectivity index (χ1) is 6.90. The SMILES string of the molecule is N#Cc1cnccc1Sc1nncs1. The molecule has 0 saturated carbocycles. The molecule has 2 aromatic rings. The van der Waals surface area contributed by atoms with Gasteiger partial charge >= 0.3 is 0 Å². The highest BCUT2D eigenvalue weighted by Crippen LogP contribution is 2.30. The summed E-state index contributed by atoms with van der Waals surface area (Å²) >= 11 is 2.88. The van der Waals surface area contributed by atoms with Crippen molar-refractivity contribution in [3.63, 3.8) is 0 Å². The van der Waals surface area contributed by atoms with Gasteiger partial charge in [-0.3, -0.25) is 4.98 Å². The van der Waals surface area contributed by atoms with Gasteiger partial charge in [0.2, 0.25) is 0 Å². The Morgan fingerprint density at radius 1 is 1.50 bits per heavy atom. The lowest BCUT2D eigenvalue weighted by molar-refractivity contribution is 1.01. The molecule has 0 aliphatic rings. The Morgan fingerprint density at radius 2 is 2.43 bits per heavy atom. The van der Waals surface area contributed by atoms with Crippen LogP contribution in [0, 0.1) is 11.3 Å². The molecule has 14 heavy (non-hydrogen) atoms. The van der Waals surface area contributed by atoms with Gasteiger partial charge in [0.25, 0.3) is 0 Å². The van der Waals surface area contributed by atoms with Crippen LogP contribution in [0.3, 0.4) is 0 Å². The number of aromatic nitrogens is 3. The van der Waals surface area contributed by atoms with Gasteiger partial charge in [0.15, 0.2) is 4.34 Å². The molecule has 0 saturated heterocycles. The van der Waals surface area contributed by atoms with E-state index in [0.29, 0.717) is 5.56 Å². The molecule has 2 heterocycles. The second-order valence-electron chi connectivity index (χ2n) is 2.29. The summed E-state index contributed by atoms with van der Waals surface area (Å²) in [5, 5.41) is 16.4. The van der Waals surface area contributed by atoms with Crippen LogP contribution in [0.1, 0.15) is 5.56 Å². The minimum Gasteiger partial charge on any atom is -0.263 e. The number of pyridine rings is 1. The van der Waals surface area contributed by atoms with Gasteiger partial charge < -0.3 is 0 Å². The van der Waals surface area contributed by atoms with Gasteiger partial charge in [0.1, 0.15) is 11.6 Å². The molecule has 6 heteroatoms. The third kappa shape index (κ3) is 1.89. The summed E-state index contributed by atoms with van der Waals surface area (Å²) in [6, 6.07) is 3.88. The molecule has 0 spiro atoms. The lowest BCUT2D eigenvalue weighted by Gasteiger charge is -1.97. The van der Waals surface area contributed by atoms with Crippen molar-refractivity contribution in [2.75, 3.05) is 0 Å². The molecule has 0 aliphatic heterocycles. The van der Waals surface area contributed by atoms with E-state index in [1.54, 1.807) is 24.0 Å². The number of nitrogens with zero attached hydrogens (tertiary/aromatic N) is 4. The molecule has 2 aromatic heterocycles. The summed E-state index contributed by atoms with van der Waals surface area (Å²) in [5.41, 5.74) is 2.22. The second kappa shape index (κ2) is 4.17. The molecule has 0 N–H and O–H groups in total. The molecule has 0 amide bonds. The van der Waals surface area contributed by atoms with E-state index in [1.807, 2.05) is 0 Å². The molecular formula is C8H4N4S2. The summed E-state index contributed by atoms with van der Waals surface area (Å²) in [6.45, 7) is 0. The molecule has 0 aliphatic carbocycles. The van der Waals surface area contributed by atoms with Crippen molar-refractivity contribution >= 4 is 23.1 Å². The lowest BCUT2D eigenvalue weighted by atomic mass is 10.3. The Labute approximate surface area is 88.6 Å². The minimum atomic E-state index is 0.563. The van der Waals surface area contributed by atoms with Crippen molar-refractivity contribution in [1.29, 1.82) is 5.26 Å². The van der Waals surface area contributed by atoms with Gasteiger partial charge in [0, 0.05) is 17.3 Å². The fourth-order valence-corrected chi connectivity index (χ4v) is 2.34. The van der Waals surface area contributed by atoms with Gasteiger partial charge in [-0.25, -0.2) is 0 Å². The smallest absolute Gasteiger partial charge is 0.178 e. The van der Waals surface area contributed by atoms with Crippen LogP contribution >= 0.6 is 23.1 Å². The van der Waals surface area contributed by atoms with E-state index in [-0.39, 0.29) is 0 Å². The highest BCUT2D eigenvalue weighted by Gasteiger charge is 2.05. The van der Waals surface area contributed by atoms with Gasteiger partial charge in [-0.1, -0.05) is 23.1 Å². The summed E-state index contributed by atoms with van der Waals surface area (Å²) < 4.78 is 0.827. The van der Waals surface area contributed by atoms with Crippen LogP contribution in [0.2, 0.25) is 0 Å². The Hall–Kier alpha value is -1.45. The molecule has 0 bridgehead atoms. The van der Waals surface area contributed by atoms with Crippen molar-refractivity contribution in [3.8, 4) is 6.07 Å². The van der Waals surface area contributed by atoms with Crippen molar-refractivity contribution in [1.82, 2.24) is 15.2 Å². The Balaban J connectivity index is 2.30. The van der Waals surface area contributed by atoms with Crippen LogP contribution in [0.25, 0.3) is 0 Å². The molecular weight excluding hydrogens is 216 g/mol. The number of hydrogen-bond acceptors (Lipinski definition) is 6. The van der Waals surface area contributed by atoms with E-state index in [0.717, 1.165) is 9.24 Å². The zero-order chi connectivity index (χ0) is 9.80. The maximum Gasteiger partial charge on any atom is 0.178 e. The maximum atomic E-state index is 8.81. The third-order valence-electron chi connectivity index (χ3n) is 1.44. The largest absolute Gasteiger partial charge is 0.263 e. The number of hydrogen-bond donors (Lipinski definition) is 0. The van der Waals surface area contributed by atoms with Crippen LogP contribution in [-0.2, 0) is 0 Å². The first-order valence-corrected chi connectivity index (χ1v) is 5.38. The van der Waals surface area contributed by atoms with E-state index in [1.165, 1.54) is 23.1 Å². The Kier molecular flexibility index (Phi) is 2.72. The molecule has 2 rings (SSSR count). The highest BCUT2D eigenvalue weighted by atomic mass is 32.2. The average Bonchev–Trinajstić information content (AvgIpc) is 2.71. The molecule has 0 radical (unpaired) electrons. The van der Waals surface area contributed by atoms with Gasteiger partial charge in [-0.15, -0.1) is 10.2 Å². The van der Waals surface area contributed by atoms with Crippen LogP contribution in [0.4, 0.5) is 0 Å². The van der Waals surface area contributed by atoms with Crippen molar-refractivity contribution in [3.05, 3.63) is 29.5 Å². The predicted octanol–water partition coefficient (Wildman–Crippen LogP) is 1.96. The first kappa shape index (κ1) is 9.12. The minimum absolute atomic E-state index is 0.563. The number of rotatable bonds is 2. The van der Waals surface area contributed by atoms with E-state index < -0.39 is 0 Å². The van der Waals surface area contributed by atoms with Gasteiger partial charge in [-0.05, 0) is 6.07 Å². The topological polar surface area (TPSA) is 62.5 Å². The van der Waals surface area contributed by atoms with Gasteiger partial charge in [0.05, 0.1) is 5.56 Å². The summed E-state index contributed by atoms with van der Waals surface area (Å²) in [5.74, 6) is 0. The highest BCUT2D eigenvalue weighted by molar-refractivity contribution is 8.01. The fraction of sp³-hybridized carbons (Fsp3) is 0. The average molecular weight is 220 g/mol. The predicted molar refractivity (Wildman–Crippen MR) is 53.0 cm³/mol. The zero-order valence-electron chi connectivity index (χ0n) is 6.91. The third-order valence-corrected chi connectivity index (χ3v) is 3.29. The standard InChI is InChI=1S/C8H4N4S2/c9-3-6-4-10-2-1-7(6)14-8-12-11-5-13-8/h1-2,4-5H. The van der Waals surface area contributed by atoms with Crippen LogP contribution in [-0.4, -0.2) is 15.2 Å². The van der Waals surface area contributed by atoms with Crippen LogP contribution < -0.4 is 0 Å². The second-order valence-corrected chi connectivity index (χ2v) is 4.41. The molecule has 0 atom stereocenters. The normalized spacial score (nSPS) is 9.64. The first-order valence-electron chi connectivity index (χ1n) is 3.68. The van der Waals surface area contributed by atoms with Crippen molar-refractivity contribution in [2.45, 2.75) is 9.24 Å². The molecule has 0 aromatic carbocycles. The van der Waals surface area contributed by atoms with Crippen LogP contribution in [0.15, 0.2) is 33.2 Å². The van der Waals surface area contributed by atoms with E-state index in [4.69, 9.17) is 5.26 Å². The summed E-state index contributed by atoms with van der Waals surface area (Å²) in [6.07, 6.45) is 3.20. The molecule has 4 nitrogen and oxygen atoms in total. The molecule has 0 unspecified atom stereocenters. The Morgan fingerprint density at radius 3 is 3.14 bits per heavy atom. The fourth-order valence-electron chi connectivity index (χ4n) is 0.856. The number of nitriles is 1. The van der Waals surface area contributed by atoms with Crippen LogP contribution in [0.5, 0.6) is 0 Å². The Bertz CT molecular complexity index is 460.